The fraction of sp³-hybridized carbons (Fsp3) is 0.929. The molecule has 1 aliphatic carbocycles. The van der Waals surface area contributed by atoms with Gasteiger partial charge in [-0.15, -0.1) is 0 Å². The second kappa shape index (κ2) is 6.16. The average molecular weight is 274 g/mol. The van der Waals surface area contributed by atoms with E-state index < -0.39 is 5.92 Å². The van der Waals surface area contributed by atoms with Crippen LogP contribution in [-0.4, -0.2) is 42.9 Å². The van der Waals surface area contributed by atoms with Gasteiger partial charge in [0.2, 0.25) is 11.8 Å². The Morgan fingerprint density at radius 3 is 2.58 bits per heavy atom. The average Bonchev–Trinajstić information content (AvgIpc) is 2.39. The summed E-state index contributed by atoms with van der Waals surface area (Å²) >= 11 is 0. The molecule has 2 fully saturated rings. The first kappa shape index (κ1) is 14.7. The van der Waals surface area contributed by atoms with Crippen molar-refractivity contribution in [2.24, 2.45) is 5.92 Å². The summed E-state index contributed by atoms with van der Waals surface area (Å²) in [4.78, 5) is 14.4. The fourth-order valence-corrected chi connectivity index (χ4v) is 3.26. The van der Waals surface area contributed by atoms with Crippen molar-refractivity contribution in [1.82, 2.24) is 10.2 Å². The Hall–Kier alpha value is -0.710. The number of alkyl halides is 2. The van der Waals surface area contributed by atoms with Crippen LogP contribution < -0.4 is 5.32 Å². The molecule has 1 atom stereocenters. The van der Waals surface area contributed by atoms with Gasteiger partial charge in [-0.2, -0.15) is 0 Å². The van der Waals surface area contributed by atoms with E-state index in [1.807, 2.05) is 11.9 Å². The van der Waals surface area contributed by atoms with Crippen molar-refractivity contribution in [2.45, 2.75) is 56.9 Å². The molecule has 19 heavy (non-hydrogen) atoms. The van der Waals surface area contributed by atoms with Gasteiger partial charge in [0.15, 0.2) is 0 Å². The molecule has 1 heterocycles. The van der Waals surface area contributed by atoms with Crippen LogP contribution in [0.3, 0.4) is 0 Å². The van der Waals surface area contributed by atoms with Gasteiger partial charge in [-0.25, -0.2) is 8.78 Å². The topological polar surface area (TPSA) is 32.3 Å². The molecule has 2 rings (SSSR count). The summed E-state index contributed by atoms with van der Waals surface area (Å²) in [7, 11) is 1.89. The molecule has 2 aliphatic rings. The lowest BCUT2D eigenvalue weighted by Gasteiger charge is -2.39. The molecule has 1 aliphatic heterocycles. The lowest BCUT2D eigenvalue weighted by molar-refractivity contribution is -0.143. The molecule has 0 aromatic carbocycles. The third-order valence-electron chi connectivity index (χ3n) is 4.42. The summed E-state index contributed by atoms with van der Waals surface area (Å²) < 4.78 is 26.3. The number of carbonyl (C=O) groups is 1. The quantitative estimate of drug-likeness (QED) is 0.857. The minimum Gasteiger partial charge on any atom is -0.338 e. The zero-order valence-corrected chi connectivity index (χ0v) is 11.6. The number of hydrogen-bond acceptors (Lipinski definition) is 2. The third-order valence-corrected chi connectivity index (χ3v) is 4.42. The maximum Gasteiger partial charge on any atom is 0.248 e. The molecule has 0 spiro atoms. The lowest BCUT2D eigenvalue weighted by Crippen LogP contribution is -2.50. The van der Waals surface area contributed by atoms with Crippen molar-refractivity contribution < 1.29 is 13.6 Å². The number of likely N-dealkylation sites (N-methyl/N-ethyl adjacent to an activating group) is 1. The summed E-state index contributed by atoms with van der Waals surface area (Å²) in [6, 6.07) is 0.244. The number of nitrogens with one attached hydrogen (secondary N) is 1. The lowest BCUT2D eigenvalue weighted by atomic mass is 9.85. The van der Waals surface area contributed by atoms with Crippen molar-refractivity contribution >= 4 is 5.91 Å². The normalized spacial score (nSPS) is 28.4. The SMILES string of the molecule is CNCC1CCCCN1C(=O)C1CCC(F)(F)CC1. The van der Waals surface area contributed by atoms with Gasteiger partial charge in [0.1, 0.15) is 0 Å². The highest BCUT2D eigenvalue weighted by atomic mass is 19.3. The van der Waals surface area contributed by atoms with Gasteiger partial charge in [-0.05, 0) is 39.2 Å². The number of amides is 1. The zero-order valence-electron chi connectivity index (χ0n) is 11.6. The summed E-state index contributed by atoms with van der Waals surface area (Å²) in [6.07, 6.45) is 3.63. The van der Waals surface area contributed by atoms with Crippen LogP contribution in [0.25, 0.3) is 0 Å². The first-order chi connectivity index (χ1) is 9.03. The van der Waals surface area contributed by atoms with E-state index >= 15 is 0 Å². The predicted octanol–water partition coefficient (Wildman–Crippen LogP) is 2.41. The molecule has 0 bridgehead atoms. The highest BCUT2D eigenvalue weighted by Gasteiger charge is 2.39. The summed E-state index contributed by atoms with van der Waals surface area (Å²) in [5.41, 5.74) is 0. The van der Waals surface area contributed by atoms with Gasteiger partial charge in [-0.3, -0.25) is 4.79 Å². The zero-order chi connectivity index (χ0) is 13.9. The van der Waals surface area contributed by atoms with Crippen LogP contribution in [0.1, 0.15) is 44.9 Å². The van der Waals surface area contributed by atoms with Crippen molar-refractivity contribution in [3.8, 4) is 0 Å². The standard InChI is InChI=1S/C14H24F2N2O/c1-17-10-12-4-2-3-9-18(12)13(19)11-5-7-14(15,16)8-6-11/h11-12,17H,2-10H2,1H3. The maximum atomic E-state index is 13.1. The van der Waals surface area contributed by atoms with E-state index in [0.717, 1.165) is 32.4 Å². The van der Waals surface area contributed by atoms with Crippen LogP contribution in [-0.2, 0) is 4.79 Å². The Bertz CT molecular complexity index is 311. The molecule has 0 radical (unpaired) electrons. The van der Waals surface area contributed by atoms with Gasteiger partial charge in [0, 0.05) is 37.9 Å². The Labute approximate surface area is 113 Å². The van der Waals surface area contributed by atoms with Crippen molar-refractivity contribution in [3.05, 3.63) is 0 Å². The molecular formula is C14H24F2N2O. The monoisotopic (exact) mass is 274 g/mol. The molecule has 1 unspecified atom stereocenters. The van der Waals surface area contributed by atoms with Gasteiger partial charge in [0.05, 0.1) is 0 Å². The molecule has 110 valence electrons. The number of likely N-dealkylation sites (tertiary alicyclic amines) is 1. The molecule has 0 aromatic heterocycles. The second-order valence-corrected chi connectivity index (χ2v) is 5.87. The van der Waals surface area contributed by atoms with E-state index in [0.29, 0.717) is 12.8 Å². The summed E-state index contributed by atoms with van der Waals surface area (Å²) in [6.45, 7) is 1.59. The smallest absolute Gasteiger partial charge is 0.248 e. The van der Waals surface area contributed by atoms with Crippen LogP contribution >= 0.6 is 0 Å². The molecular weight excluding hydrogens is 250 g/mol. The second-order valence-electron chi connectivity index (χ2n) is 5.87. The van der Waals surface area contributed by atoms with E-state index in [-0.39, 0.29) is 30.7 Å². The van der Waals surface area contributed by atoms with Crippen LogP contribution in [0.2, 0.25) is 0 Å². The minimum atomic E-state index is -2.55. The number of piperidine rings is 1. The minimum absolute atomic E-state index is 0.107. The van der Waals surface area contributed by atoms with Crippen molar-refractivity contribution in [1.29, 1.82) is 0 Å². The Morgan fingerprint density at radius 1 is 1.26 bits per heavy atom. The third kappa shape index (κ3) is 3.65. The highest BCUT2D eigenvalue weighted by molar-refractivity contribution is 5.79. The van der Waals surface area contributed by atoms with Crippen LogP contribution in [0.5, 0.6) is 0 Å². The molecule has 0 aromatic rings. The predicted molar refractivity (Wildman–Crippen MR) is 70.2 cm³/mol. The number of rotatable bonds is 3. The number of hydrogen-bond donors (Lipinski definition) is 1. The van der Waals surface area contributed by atoms with E-state index in [9.17, 15) is 13.6 Å². The largest absolute Gasteiger partial charge is 0.338 e. The van der Waals surface area contributed by atoms with Gasteiger partial charge >= 0.3 is 0 Å². The number of halogens is 2. The molecule has 1 saturated carbocycles. The number of carbonyl (C=O) groups excluding carboxylic acids is 1. The van der Waals surface area contributed by atoms with Crippen LogP contribution in [0.4, 0.5) is 8.78 Å². The Kier molecular flexibility index (Phi) is 4.76. The summed E-state index contributed by atoms with van der Waals surface area (Å²) in [5, 5.41) is 3.12. The van der Waals surface area contributed by atoms with Gasteiger partial charge in [-0.1, -0.05) is 0 Å². The van der Waals surface area contributed by atoms with Crippen molar-refractivity contribution in [2.75, 3.05) is 20.1 Å². The van der Waals surface area contributed by atoms with Crippen LogP contribution in [0, 0.1) is 5.92 Å². The molecule has 1 amide bonds. The molecule has 3 nitrogen and oxygen atoms in total. The van der Waals surface area contributed by atoms with E-state index in [4.69, 9.17) is 0 Å². The van der Waals surface area contributed by atoms with Gasteiger partial charge < -0.3 is 10.2 Å². The first-order valence-corrected chi connectivity index (χ1v) is 7.36. The van der Waals surface area contributed by atoms with E-state index in [2.05, 4.69) is 5.32 Å². The maximum absolute atomic E-state index is 13.1. The van der Waals surface area contributed by atoms with E-state index in [1.54, 1.807) is 0 Å². The fourth-order valence-electron chi connectivity index (χ4n) is 3.26. The Balaban J connectivity index is 1.94. The highest BCUT2D eigenvalue weighted by Crippen LogP contribution is 2.37. The van der Waals surface area contributed by atoms with Crippen molar-refractivity contribution in [3.63, 3.8) is 0 Å². The Morgan fingerprint density at radius 2 is 1.95 bits per heavy atom. The number of nitrogens with zero attached hydrogens (tertiary/aromatic N) is 1. The van der Waals surface area contributed by atoms with E-state index in [1.165, 1.54) is 0 Å². The van der Waals surface area contributed by atoms with Crippen LogP contribution in [0.15, 0.2) is 0 Å². The molecule has 5 heteroatoms. The van der Waals surface area contributed by atoms with Gasteiger partial charge in [0.25, 0.3) is 0 Å². The molecule has 1 saturated heterocycles. The summed E-state index contributed by atoms with van der Waals surface area (Å²) in [5.74, 6) is -2.63. The first-order valence-electron chi connectivity index (χ1n) is 7.36. The molecule has 1 N–H and O–H groups in total.